The van der Waals surface area contributed by atoms with Gasteiger partial charge in [0, 0.05) is 39.4 Å². The molecule has 1 saturated heterocycles. The van der Waals surface area contributed by atoms with E-state index in [0.29, 0.717) is 13.1 Å². The fourth-order valence-electron chi connectivity index (χ4n) is 1.94. The molecule has 0 radical (unpaired) electrons. The van der Waals surface area contributed by atoms with Gasteiger partial charge in [-0.2, -0.15) is 4.31 Å². The van der Waals surface area contributed by atoms with Crippen LogP contribution in [0, 0.1) is 0 Å². The molecular formula is C10H18N4O2S. The zero-order valence-electron chi connectivity index (χ0n) is 10.2. The van der Waals surface area contributed by atoms with Crippen molar-refractivity contribution in [1.29, 1.82) is 0 Å². The second-order valence-electron chi connectivity index (χ2n) is 4.22. The number of piperazine rings is 1. The zero-order chi connectivity index (χ0) is 12.5. The van der Waals surface area contributed by atoms with Crippen LogP contribution >= 0.6 is 0 Å². The molecule has 1 aromatic rings. The summed E-state index contributed by atoms with van der Waals surface area (Å²) < 4.78 is 27.6. The number of hydrogen-bond acceptors (Lipinski definition) is 4. The summed E-state index contributed by atoms with van der Waals surface area (Å²) in [5, 5.41) is 0.143. The Balaban J connectivity index is 2.12. The highest BCUT2D eigenvalue weighted by Gasteiger charge is 2.29. The summed E-state index contributed by atoms with van der Waals surface area (Å²) in [7, 11) is -1.63. The van der Waals surface area contributed by atoms with Gasteiger partial charge in [-0.3, -0.25) is 0 Å². The molecule has 0 atom stereocenters. The number of rotatable bonds is 3. The van der Waals surface area contributed by atoms with Gasteiger partial charge < -0.3 is 9.47 Å². The molecule has 0 amide bonds. The lowest BCUT2D eigenvalue weighted by atomic mass is 10.4. The molecule has 6 nitrogen and oxygen atoms in total. The summed E-state index contributed by atoms with van der Waals surface area (Å²) >= 11 is 0. The van der Waals surface area contributed by atoms with Gasteiger partial charge in [0.1, 0.15) is 0 Å². The molecule has 0 spiro atoms. The van der Waals surface area contributed by atoms with Crippen LogP contribution in [0.25, 0.3) is 0 Å². The van der Waals surface area contributed by atoms with E-state index in [0.717, 1.165) is 19.6 Å². The van der Waals surface area contributed by atoms with E-state index in [1.807, 2.05) is 0 Å². The number of imidazole rings is 1. The number of likely N-dealkylation sites (N-methyl/N-ethyl adjacent to an activating group) is 1. The molecule has 96 valence electrons. The molecule has 7 heteroatoms. The third-order valence-electron chi connectivity index (χ3n) is 3.06. The summed E-state index contributed by atoms with van der Waals surface area (Å²) in [6, 6.07) is 0. The minimum Gasteiger partial charge on any atom is -0.339 e. The molecule has 1 aliphatic heterocycles. The molecule has 0 unspecified atom stereocenters. The number of nitrogens with zero attached hydrogens (tertiary/aromatic N) is 4. The summed E-state index contributed by atoms with van der Waals surface area (Å²) in [5.74, 6) is 0. The van der Waals surface area contributed by atoms with Crippen LogP contribution in [0.5, 0.6) is 0 Å². The Morgan fingerprint density at radius 2 is 1.94 bits per heavy atom. The normalized spacial score (nSPS) is 19.6. The van der Waals surface area contributed by atoms with Gasteiger partial charge >= 0.3 is 0 Å². The van der Waals surface area contributed by atoms with Crippen LogP contribution in [0.3, 0.4) is 0 Å². The largest absolute Gasteiger partial charge is 0.339 e. The first-order valence-electron chi connectivity index (χ1n) is 5.74. The number of aryl methyl sites for hydroxylation is 1. The first kappa shape index (κ1) is 12.5. The van der Waals surface area contributed by atoms with Gasteiger partial charge in [0.2, 0.25) is 0 Å². The fraction of sp³-hybridized carbons (Fsp3) is 0.700. The average Bonchev–Trinajstić information content (AvgIpc) is 2.77. The van der Waals surface area contributed by atoms with Crippen LogP contribution in [-0.4, -0.2) is 59.9 Å². The zero-order valence-corrected chi connectivity index (χ0v) is 11.0. The Hall–Kier alpha value is -0.920. The van der Waals surface area contributed by atoms with Crippen LogP contribution in [0.1, 0.15) is 6.92 Å². The number of sulfonamides is 1. The van der Waals surface area contributed by atoms with E-state index in [2.05, 4.69) is 16.8 Å². The Morgan fingerprint density at radius 3 is 2.41 bits per heavy atom. The predicted molar refractivity (Wildman–Crippen MR) is 64.1 cm³/mol. The standard InChI is InChI=1S/C10H18N4O2S/c1-3-13-4-6-14(7-5-13)17(15,16)10-8-12(2)9-11-10/h8-9H,3-7H2,1-2H3. The Morgan fingerprint density at radius 1 is 1.29 bits per heavy atom. The van der Waals surface area contributed by atoms with Gasteiger partial charge in [-0.05, 0) is 6.54 Å². The van der Waals surface area contributed by atoms with Crippen molar-refractivity contribution in [2.45, 2.75) is 11.9 Å². The molecular weight excluding hydrogens is 240 g/mol. The highest BCUT2D eigenvalue weighted by Crippen LogP contribution is 2.15. The topological polar surface area (TPSA) is 58.4 Å². The summed E-state index contributed by atoms with van der Waals surface area (Å²) in [6.07, 6.45) is 3.05. The van der Waals surface area contributed by atoms with E-state index in [4.69, 9.17) is 0 Å². The van der Waals surface area contributed by atoms with Crippen LogP contribution in [0.15, 0.2) is 17.6 Å². The minimum atomic E-state index is -3.40. The van der Waals surface area contributed by atoms with Crippen LogP contribution in [-0.2, 0) is 17.1 Å². The molecule has 0 aromatic carbocycles. The average molecular weight is 258 g/mol. The quantitative estimate of drug-likeness (QED) is 0.750. The lowest BCUT2D eigenvalue weighted by Gasteiger charge is -2.32. The first-order chi connectivity index (χ1) is 8.04. The molecule has 1 aliphatic rings. The maximum atomic E-state index is 12.2. The van der Waals surface area contributed by atoms with Gasteiger partial charge in [-0.15, -0.1) is 0 Å². The highest BCUT2D eigenvalue weighted by molar-refractivity contribution is 7.89. The Kier molecular flexibility index (Phi) is 3.50. The van der Waals surface area contributed by atoms with Gasteiger partial charge in [-0.25, -0.2) is 13.4 Å². The smallest absolute Gasteiger partial charge is 0.262 e. The molecule has 2 rings (SSSR count). The maximum Gasteiger partial charge on any atom is 0.262 e. The van der Waals surface area contributed by atoms with Crippen LogP contribution < -0.4 is 0 Å². The third-order valence-corrected chi connectivity index (χ3v) is 4.85. The van der Waals surface area contributed by atoms with Gasteiger partial charge in [0.25, 0.3) is 10.0 Å². The molecule has 0 bridgehead atoms. The Labute approximate surface area is 102 Å². The second-order valence-corrected chi connectivity index (χ2v) is 6.10. The van der Waals surface area contributed by atoms with E-state index in [-0.39, 0.29) is 5.03 Å². The van der Waals surface area contributed by atoms with Crippen molar-refractivity contribution in [1.82, 2.24) is 18.8 Å². The fourth-order valence-corrected chi connectivity index (χ4v) is 3.33. The Bertz CT molecular complexity index is 474. The lowest BCUT2D eigenvalue weighted by molar-refractivity contribution is 0.196. The van der Waals surface area contributed by atoms with Crippen molar-refractivity contribution in [3.8, 4) is 0 Å². The number of hydrogen-bond donors (Lipinski definition) is 0. The minimum absolute atomic E-state index is 0.143. The van der Waals surface area contributed by atoms with Gasteiger partial charge in [-0.1, -0.05) is 6.92 Å². The molecule has 1 aromatic heterocycles. The number of aromatic nitrogens is 2. The van der Waals surface area contributed by atoms with Crippen molar-refractivity contribution < 1.29 is 8.42 Å². The van der Waals surface area contributed by atoms with E-state index in [9.17, 15) is 8.42 Å². The van der Waals surface area contributed by atoms with Crippen molar-refractivity contribution in [3.05, 3.63) is 12.5 Å². The highest BCUT2D eigenvalue weighted by atomic mass is 32.2. The van der Waals surface area contributed by atoms with Crippen molar-refractivity contribution in [2.24, 2.45) is 7.05 Å². The van der Waals surface area contributed by atoms with E-state index >= 15 is 0 Å². The predicted octanol–water partition coefficient (Wildman–Crippen LogP) is -0.254. The van der Waals surface area contributed by atoms with Gasteiger partial charge in [0.15, 0.2) is 5.03 Å². The SMILES string of the molecule is CCN1CCN(S(=O)(=O)c2cn(C)cn2)CC1. The van der Waals surface area contributed by atoms with E-state index in [1.54, 1.807) is 17.8 Å². The molecule has 1 fully saturated rings. The monoisotopic (exact) mass is 258 g/mol. The van der Waals surface area contributed by atoms with Crippen molar-refractivity contribution >= 4 is 10.0 Å². The lowest BCUT2D eigenvalue weighted by Crippen LogP contribution is -2.48. The van der Waals surface area contributed by atoms with Crippen LogP contribution in [0.2, 0.25) is 0 Å². The molecule has 0 saturated carbocycles. The summed E-state index contributed by atoms with van der Waals surface area (Å²) in [5.41, 5.74) is 0. The van der Waals surface area contributed by atoms with Gasteiger partial charge in [0.05, 0.1) is 6.33 Å². The molecule has 17 heavy (non-hydrogen) atoms. The van der Waals surface area contributed by atoms with E-state index < -0.39 is 10.0 Å². The first-order valence-corrected chi connectivity index (χ1v) is 7.18. The summed E-state index contributed by atoms with van der Waals surface area (Å²) in [6.45, 7) is 5.74. The van der Waals surface area contributed by atoms with Crippen molar-refractivity contribution in [3.63, 3.8) is 0 Å². The summed E-state index contributed by atoms with van der Waals surface area (Å²) in [4.78, 5) is 6.16. The molecule has 0 aliphatic carbocycles. The van der Waals surface area contributed by atoms with Crippen LogP contribution in [0.4, 0.5) is 0 Å². The van der Waals surface area contributed by atoms with E-state index in [1.165, 1.54) is 10.6 Å². The third kappa shape index (κ3) is 2.51. The molecule has 0 N–H and O–H groups in total. The maximum absolute atomic E-state index is 12.2. The second kappa shape index (κ2) is 4.75. The molecule has 2 heterocycles. The van der Waals surface area contributed by atoms with Crippen molar-refractivity contribution in [2.75, 3.05) is 32.7 Å².